The fourth-order valence-electron chi connectivity index (χ4n) is 3.18. The first-order valence-corrected chi connectivity index (χ1v) is 8.77. The van der Waals surface area contributed by atoms with Gasteiger partial charge in [0.25, 0.3) is 0 Å². The van der Waals surface area contributed by atoms with E-state index < -0.39 is 5.97 Å². The number of rotatable bonds is 6. The van der Waals surface area contributed by atoms with E-state index in [9.17, 15) is 4.79 Å². The van der Waals surface area contributed by atoms with Crippen LogP contribution in [0.5, 0.6) is 0 Å². The van der Waals surface area contributed by atoms with Crippen molar-refractivity contribution >= 4 is 11.8 Å². The summed E-state index contributed by atoms with van der Waals surface area (Å²) in [6, 6.07) is 9.19. The number of fused-ring (bicyclic) bond motifs is 1. The number of carboxylic acids is 1. The Morgan fingerprint density at radius 1 is 1.19 bits per heavy atom. The molecule has 2 aromatic heterocycles. The van der Waals surface area contributed by atoms with Crippen LogP contribution in [0.4, 0.5) is 5.82 Å². The zero-order valence-electron chi connectivity index (χ0n) is 14.7. The van der Waals surface area contributed by atoms with Gasteiger partial charge in [0.1, 0.15) is 5.82 Å². The highest BCUT2D eigenvalue weighted by Gasteiger charge is 2.18. The van der Waals surface area contributed by atoms with Crippen molar-refractivity contribution in [1.82, 2.24) is 24.6 Å². The molecule has 138 valence electrons. The van der Waals surface area contributed by atoms with Crippen LogP contribution in [0, 0.1) is 0 Å². The minimum atomic E-state index is -0.897. The summed E-state index contributed by atoms with van der Waals surface area (Å²) in [5.74, 6) is -0.166. The molecular formula is C19H20N6O2. The molecule has 0 bridgehead atoms. The zero-order valence-corrected chi connectivity index (χ0v) is 14.7. The van der Waals surface area contributed by atoms with Gasteiger partial charge < -0.3 is 10.4 Å². The van der Waals surface area contributed by atoms with Crippen molar-refractivity contribution in [3.8, 4) is 0 Å². The molecule has 8 heteroatoms. The summed E-state index contributed by atoms with van der Waals surface area (Å²) < 4.78 is 2.05. The molecule has 0 saturated heterocycles. The second kappa shape index (κ2) is 7.55. The van der Waals surface area contributed by atoms with Crippen LogP contribution < -0.4 is 5.32 Å². The van der Waals surface area contributed by atoms with E-state index in [2.05, 4.69) is 36.0 Å². The Morgan fingerprint density at radius 3 is 2.78 bits per heavy atom. The molecule has 0 atom stereocenters. The number of aromatic nitrogens is 4. The molecule has 3 heterocycles. The fourth-order valence-corrected chi connectivity index (χ4v) is 3.18. The number of benzene rings is 1. The highest BCUT2D eigenvalue weighted by atomic mass is 16.4. The minimum absolute atomic E-state index is 0.315. The monoisotopic (exact) mass is 364 g/mol. The highest BCUT2D eigenvalue weighted by Crippen LogP contribution is 2.17. The van der Waals surface area contributed by atoms with E-state index in [4.69, 9.17) is 5.11 Å². The maximum Gasteiger partial charge on any atom is 0.335 e. The topological polar surface area (TPSA) is 96.2 Å². The van der Waals surface area contributed by atoms with E-state index in [-0.39, 0.29) is 0 Å². The molecule has 0 spiro atoms. The summed E-state index contributed by atoms with van der Waals surface area (Å²) in [5.41, 5.74) is 3.58. The second-order valence-corrected chi connectivity index (χ2v) is 6.51. The molecule has 27 heavy (non-hydrogen) atoms. The van der Waals surface area contributed by atoms with Gasteiger partial charge in [0.05, 0.1) is 36.2 Å². The van der Waals surface area contributed by atoms with Crippen LogP contribution in [0.1, 0.15) is 27.3 Å². The molecule has 2 N–H and O–H groups in total. The third-order valence-corrected chi connectivity index (χ3v) is 4.55. The van der Waals surface area contributed by atoms with Crippen molar-refractivity contribution in [2.75, 3.05) is 11.9 Å². The van der Waals surface area contributed by atoms with Gasteiger partial charge >= 0.3 is 5.97 Å². The lowest BCUT2D eigenvalue weighted by Crippen LogP contribution is -2.33. The number of nitrogens with one attached hydrogen (secondary N) is 1. The zero-order chi connectivity index (χ0) is 18.6. The van der Waals surface area contributed by atoms with Gasteiger partial charge in [-0.2, -0.15) is 5.10 Å². The standard InChI is InChI=1S/C19H20N6O2/c26-19(27)15-3-1-14(2-4-15)12-24-7-8-25-17(13-24)9-16(23-25)10-22-18-11-20-5-6-21-18/h1-6,9,11H,7-8,10,12-13H2,(H,21,22)(H,26,27). The first-order chi connectivity index (χ1) is 13.2. The van der Waals surface area contributed by atoms with E-state index >= 15 is 0 Å². The number of aromatic carboxylic acids is 1. The van der Waals surface area contributed by atoms with Gasteiger partial charge in [-0.1, -0.05) is 12.1 Å². The minimum Gasteiger partial charge on any atom is -0.478 e. The van der Waals surface area contributed by atoms with Crippen LogP contribution in [0.2, 0.25) is 0 Å². The first kappa shape index (κ1) is 17.2. The maximum absolute atomic E-state index is 11.0. The quantitative estimate of drug-likeness (QED) is 0.690. The molecule has 0 radical (unpaired) electrons. The Hall–Kier alpha value is -3.26. The van der Waals surface area contributed by atoms with Crippen LogP contribution in [0.3, 0.4) is 0 Å². The van der Waals surface area contributed by atoms with Gasteiger partial charge in [0, 0.05) is 32.0 Å². The van der Waals surface area contributed by atoms with E-state index in [1.807, 2.05) is 12.1 Å². The van der Waals surface area contributed by atoms with E-state index in [0.717, 1.165) is 43.3 Å². The Balaban J connectivity index is 1.36. The summed E-state index contributed by atoms with van der Waals surface area (Å²) in [6.07, 6.45) is 4.99. The van der Waals surface area contributed by atoms with E-state index in [1.165, 1.54) is 5.69 Å². The van der Waals surface area contributed by atoms with Crippen LogP contribution in [0.25, 0.3) is 0 Å². The van der Waals surface area contributed by atoms with Gasteiger partial charge in [-0.3, -0.25) is 14.6 Å². The molecule has 1 aliphatic rings. The van der Waals surface area contributed by atoms with Gasteiger partial charge in [-0.15, -0.1) is 0 Å². The number of anilines is 1. The average Bonchev–Trinajstić information content (AvgIpc) is 3.10. The summed E-state index contributed by atoms with van der Waals surface area (Å²) in [7, 11) is 0. The molecule has 0 amide bonds. The van der Waals surface area contributed by atoms with Gasteiger partial charge in [-0.25, -0.2) is 9.78 Å². The number of nitrogens with zero attached hydrogens (tertiary/aromatic N) is 5. The van der Waals surface area contributed by atoms with Crippen LogP contribution in [-0.2, 0) is 26.2 Å². The SMILES string of the molecule is O=C(O)c1ccc(CN2CCn3nc(CNc4cnccn4)cc3C2)cc1. The van der Waals surface area contributed by atoms with Crippen LogP contribution in [0.15, 0.2) is 48.9 Å². The smallest absolute Gasteiger partial charge is 0.335 e. The fraction of sp³-hybridized carbons (Fsp3) is 0.263. The summed E-state index contributed by atoms with van der Waals surface area (Å²) >= 11 is 0. The second-order valence-electron chi connectivity index (χ2n) is 6.51. The molecule has 0 saturated carbocycles. The number of hydrogen-bond donors (Lipinski definition) is 2. The molecule has 8 nitrogen and oxygen atoms in total. The lowest BCUT2D eigenvalue weighted by Gasteiger charge is -2.27. The number of carbonyl (C=O) groups is 1. The lowest BCUT2D eigenvalue weighted by molar-refractivity contribution is 0.0697. The predicted octanol–water partition coefficient (Wildman–Crippen LogP) is 2.00. The highest BCUT2D eigenvalue weighted by molar-refractivity contribution is 5.87. The van der Waals surface area contributed by atoms with Crippen molar-refractivity contribution in [2.45, 2.75) is 26.2 Å². The third-order valence-electron chi connectivity index (χ3n) is 4.55. The summed E-state index contributed by atoms with van der Waals surface area (Å²) in [6.45, 7) is 3.96. The Morgan fingerprint density at radius 2 is 2.04 bits per heavy atom. The van der Waals surface area contributed by atoms with Gasteiger partial charge in [-0.05, 0) is 23.8 Å². The maximum atomic E-state index is 11.0. The molecule has 0 aliphatic carbocycles. The molecule has 0 fully saturated rings. The Bertz CT molecular complexity index is 923. The number of carboxylic acid groups (broad SMARTS) is 1. The van der Waals surface area contributed by atoms with Crippen molar-refractivity contribution in [2.24, 2.45) is 0 Å². The van der Waals surface area contributed by atoms with Crippen molar-refractivity contribution < 1.29 is 9.90 Å². The molecule has 4 rings (SSSR count). The summed E-state index contributed by atoms with van der Waals surface area (Å²) in [5, 5.41) is 16.9. The van der Waals surface area contributed by atoms with Crippen LogP contribution in [-0.4, -0.2) is 42.3 Å². The first-order valence-electron chi connectivity index (χ1n) is 8.77. The third kappa shape index (κ3) is 4.12. The molecule has 1 aromatic carbocycles. The largest absolute Gasteiger partial charge is 0.478 e. The Kier molecular flexibility index (Phi) is 4.80. The molecule has 0 unspecified atom stereocenters. The van der Waals surface area contributed by atoms with Crippen molar-refractivity contribution in [1.29, 1.82) is 0 Å². The number of hydrogen-bond acceptors (Lipinski definition) is 6. The van der Waals surface area contributed by atoms with Gasteiger partial charge in [0.15, 0.2) is 0 Å². The average molecular weight is 364 g/mol. The lowest BCUT2D eigenvalue weighted by atomic mass is 10.1. The van der Waals surface area contributed by atoms with E-state index in [1.54, 1.807) is 30.7 Å². The molecule has 1 aliphatic heterocycles. The van der Waals surface area contributed by atoms with Crippen molar-refractivity contribution in [3.63, 3.8) is 0 Å². The van der Waals surface area contributed by atoms with Crippen LogP contribution >= 0.6 is 0 Å². The van der Waals surface area contributed by atoms with E-state index in [0.29, 0.717) is 12.1 Å². The van der Waals surface area contributed by atoms with Gasteiger partial charge in [0.2, 0.25) is 0 Å². The summed E-state index contributed by atoms with van der Waals surface area (Å²) in [4.78, 5) is 21.5. The van der Waals surface area contributed by atoms with Crippen molar-refractivity contribution in [3.05, 3.63) is 71.4 Å². The molecule has 3 aromatic rings. The normalized spacial score (nSPS) is 13.9. The molecular weight excluding hydrogens is 344 g/mol. The predicted molar refractivity (Wildman–Crippen MR) is 99.1 cm³/mol. The Labute approximate surface area is 156 Å².